The predicted molar refractivity (Wildman–Crippen MR) is 55.4 cm³/mol. The number of fused-ring (bicyclic) bond motifs is 1. The van der Waals surface area contributed by atoms with Gasteiger partial charge < -0.3 is 14.3 Å². The molecule has 0 atom stereocenters. The fraction of sp³-hybridized carbons (Fsp3) is 0.182. The van der Waals surface area contributed by atoms with Crippen molar-refractivity contribution in [1.29, 1.82) is 0 Å². The van der Waals surface area contributed by atoms with Crippen LogP contribution in [0.15, 0.2) is 27.4 Å². The highest BCUT2D eigenvalue weighted by Gasteiger charge is 2.09. The van der Waals surface area contributed by atoms with Crippen LogP contribution in [0, 0.1) is 6.92 Å². The van der Waals surface area contributed by atoms with Crippen LogP contribution in [0.25, 0.3) is 11.0 Å². The van der Waals surface area contributed by atoms with E-state index in [-0.39, 0.29) is 5.75 Å². The van der Waals surface area contributed by atoms with Gasteiger partial charge >= 0.3 is 5.63 Å². The molecule has 4 heteroatoms. The summed E-state index contributed by atoms with van der Waals surface area (Å²) in [5, 5.41) is 10.1. The molecule has 0 aliphatic rings. The Balaban J connectivity index is 2.96. The van der Waals surface area contributed by atoms with Gasteiger partial charge in [0.15, 0.2) is 0 Å². The Morgan fingerprint density at radius 3 is 2.73 bits per heavy atom. The molecule has 0 fully saturated rings. The van der Waals surface area contributed by atoms with Crippen molar-refractivity contribution in [2.45, 2.75) is 6.92 Å². The van der Waals surface area contributed by atoms with E-state index in [9.17, 15) is 9.90 Å². The topological polar surface area (TPSA) is 59.7 Å². The molecule has 0 bridgehead atoms. The van der Waals surface area contributed by atoms with Gasteiger partial charge in [-0.25, -0.2) is 4.79 Å². The van der Waals surface area contributed by atoms with E-state index in [0.29, 0.717) is 16.7 Å². The molecule has 0 saturated carbocycles. The third-order valence-corrected chi connectivity index (χ3v) is 2.21. The molecule has 0 unspecified atom stereocenters. The fourth-order valence-electron chi connectivity index (χ4n) is 1.59. The number of methoxy groups -OCH3 is 1. The lowest BCUT2D eigenvalue weighted by molar-refractivity contribution is 0.410. The monoisotopic (exact) mass is 206 g/mol. The van der Waals surface area contributed by atoms with Crippen molar-refractivity contribution in [3.63, 3.8) is 0 Å². The average molecular weight is 206 g/mol. The zero-order valence-corrected chi connectivity index (χ0v) is 8.40. The number of phenolic OH excluding ortho intramolecular Hbond substituents is 1. The number of aryl methyl sites for hydroxylation is 1. The summed E-state index contributed by atoms with van der Waals surface area (Å²) in [5.41, 5.74) is 0.655. The van der Waals surface area contributed by atoms with Crippen LogP contribution >= 0.6 is 0 Å². The van der Waals surface area contributed by atoms with Crippen LogP contribution in [0.2, 0.25) is 0 Å². The molecule has 0 aliphatic heterocycles. The largest absolute Gasteiger partial charge is 0.508 e. The SMILES string of the molecule is COc1cc(O)cc2oc(=O)cc(C)c12. The second-order valence-electron chi connectivity index (χ2n) is 3.27. The van der Waals surface area contributed by atoms with Crippen molar-refractivity contribution in [3.05, 3.63) is 34.2 Å². The molecule has 1 N–H and O–H groups in total. The Morgan fingerprint density at radius 2 is 2.07 bits per heavy atom. The normalized spacial score (nSPS) is 10.5. The lowest BCUT2D eigenvalue weighted by Gasteiger charge is -2.07. The highest BCUT2D eigenvalue weighted by atomic mass is 16.5. The minimum Gasteiger partial charge on any atom is -0.508 e. The summed E-state index contributed by atoms with van der Waals surface area (Å²) in [7, 11) is 1.50. The Labute approximate surface area is 85.7 Å². The molecule has 15 heavy (non-hydrogen) atoms. The Bertz CT molecular complexity index is 569. The van der Waals surface area contributed by atoms with Gasteiger partial charge in [0.25, 0.3) is 0 Å². The van der Waals surface area contributed by atoms with Gasteiger partial charge in [0.2, 0.25) is 0 Å². The van der Waals surface area contributed by atoms with Gasteiger partial charge in [-0.05, 0) is 12.5 Å². The van der Waals surface area contributed by atoms with Crippen LogP contribution < -0.4 is 10.4 Å². The maximum Gasteiger partial charge on any atom is 0.336 e. The quantitative estimate of drug-likeness (QED) is 0.723. The molecule has 1 heterocycles. The first-order valence-corrected chi connectivity index (χ1v) is 4.43. The molecule has 0 spiro atoms. The smallest absolute Gasteiger partial charge is 0.336 e. The molecule has 0 aliphatic carbocycles. The molecule has 0 amide bonds. The van der Waals surface area contributed by atoms with E-state index in [2.05, 4.69) is 0 Å². The summed E-state index contributed by atoms with van der Waals surface area (Å²) >= 11 is 0. The van der Waals surface area contributed by atoms with Crippen LogP contribution in [-0.4, -0.2) is 12.2 Å². The summed E-state index contributed by atoms with van der Waals surface area (Å²) < 4.78 is 10.1. The van der Waals surface area contributed by atoms with Crippen LogP contribution in [0.1, 0.15) is 5.56 Å². The van der Waals surface area contributed by atoms with Crippen molar-refractivity contribution in [2.24, 2.45) is 0 Å². The van der Waals surface area contributed by atoms with Crippen molar-refractivity contribution in [3.8, 4) is 11.5 Å². The summed E-state index contributed by atoms with van der Waals surface area (Å²) in [5.74, 6) is 0.499. The van der Waals surface area contributed by atoms with E-state index in [1.165, 1.54) is 25.3 Å². The zero-order valence-electron chi connectivity index (χ0n) is 8.40. The zero-order chi connectivity index (χ0) is 11.0. The van der Waals surface area contributed by atoms with Crippen molar-refractivity contribution in [2.75, 3.05) is 7.11 Å². The second kappa shape index (κ2) is 3.31. The number of aromatic hydroxyl groups is 1. The van der Waals surface area contributed by atoms with E-state index in [0.717, 1.165) is 5.56 Å². The van der Waals surface area contributed by atoms with Crippen LogP contribution in [0.5, 0.6) is 11.5 Å². The minimum absolute atomic E-state index is 0.00750. The third-order valence-electron chi connectivity index (χ3n) is 2.21. The molecular formula is C11H10O4. The van der Waals surface area contributed by atoms with Gasteiger partial charge in [-0.3, -0.25) is 0 Å². The van der Waals surface area contributed by atoms with Crippen molar-refractivity contribution in [1.82, 2.24) is 0 Å². The fourth-order valence-corrected chi connectivity index (χ4v) is 1.59. The predicted octanol–water partition coefficient (Wildman–Crippen LogP) is 1.82. The van der Waals surface area contributed by atoms with E-state index in [1.807, 2.05) is 0 Å². The molecule has 0 saturated heterocycles. The summed E-state index contributed by atoms with van der Waals surface area (Å²) in [6, 6.07) is 4.27. The number of rotatable bonds is 1. The number of ether oxygens (including phenoxy) is 1. The third kappa shape index (κ3) is 1.54. The molecule has 2 aromatic rings. The van der Waals surface area contributed by atoms with Crippen LogP contribution in [0.4, 0.5) is 0 Å². The molecule has 4 nitrogen and oxygen atoms in total. The van der Waals surface area contributed by atoms with Crippen LogP contribution in [0.3, 0.4) is 0 Å². The first kappa shape index (κ1) is 9.58. The van der Waals surface area contributed by atoms with E-state index >= 15 is 0 Å². The van der Waals surface area contributed by atoms with Crippen LogP contribution in [-0.2, 0) is 0 Å². The Morgan fingerprint density at radius 1 is 1.33 bits per heavy atom. The van der Waals surface area contributed by atoms with E-state index in [4.69, 9.17) is 9.15 Å². The first-order chi connectivity index (χ1) is 7.11. The number of phenols is 1. The highest BCUT2D eigenvalue weighted by molar-refractivity contribution is 5.87. The standard InChI is InChI=1S/C11H10O4/c1-6-3-10(13)15-9-5-7(12)4-8(14-2)11(6)9/h3-5,12H,1-2H3. The van der Waals surface area contributed by atoms with Gasteiger partial charge in [0.1, 0.15) is 17.1 Å². The molecule has 2 rings (SSSR count). The van der Waals surface area contributed by atoms with Gasteiger partial charge in [-0.1, -0.05) is 0 Å². The second-order valence-corrected chi connectivity index (χ2v) is 3.27. The Hall–Kier alpha value is -1.97. The molecule has 1 aromatic carbocycles. The molecule has 1 aromatic heterocycles. The lowest BCUT2D eigenvalue weighted by Crippen LogP contribution is -1.99. The van der Waals surface area contributed by atoms with Gasteiger partial charge in [-0.2, -0.15) is 0 Å². The summed E-state index contributed by atoms with van der Waals surface area (Å²) in [6.45, 7) is 1.79. The van der Waals surface area contributed by atoms with E-state index in [1.54, 1.807) is 6.92 Å². The minimum atomic E-state index is -0.437. The van der Waals surface area contributed by atoms with Crippen molar-refractivity contribution >= 4 is 11.0 Å². The van der Waals surface area contributed by atoms with Gasteiger partial charge in [-0.15, -0.1) is 0 Å². The van der Waals surface area contributed by atoms with Gasteiger partial charge in [0.05, 0.1) is 12.5 Å². The van der Waals surface area contributed by atoms with Crippen molar-refractivity contribution < 1.29 is 14.3 Å². The maximum absolute atomic E-state index is 11.1. The lowest BCUT2D eigenvalue weighted by atomic mass is 10.1. The number of benzene rings is 1. The highest BCUT2D eigenvalue weighted by Crippen LogP contribution is 2.31. The van der Waals surface area contributed by atoms with E-state index < -0.39 is 5.63 Å². The number of hydrogen-bond acceptors (Lipinski definition) is 4. The summed E-state index contributed by atoms with van der Waals surface area (Å²) in [6.07, 6.45) is 0. The first-order valence-electron chi connectivity index (χ1n) is 4.43. The molecular weight excluding hydrogens is 196 g/mol. The Kier molecular flexibility index (Phi) is 2.11. The van der Waals surface area contributed by atoms with Gasteiger partial charge in [0, 0.05) is 18.2 Å². The molecule has 0 radical (unpaired) electrons. The summed E-state index contributed by atoms with van der Waals surface area (Å²) in [4.78, 5) is 11.1. The average Bonchev–Trinajstić information content (AvgIpc) is 2.14. The maximum atomic E-state index is 11.1. The number of hydrogen-bond donors (Lipinski definition) is 1. The molecule has 78 valence electrons.